The second kappa shape index (κ2) is 5.40. The van der Waals surface area contributed by atoms with Gasteiger partial charge >= 0.3 is 0 Å². The van der Waals surface area contributed by atoms with Crippen LogP contribution >= 0.6 is 0 Å². The Morgan fingerprint density at radius 1 is 1.54 bits per heavy atom. The molecule has 1 fully saturated rings. The molecule has 1 rings (SSSR count). The van der Waals surface area contributed by atoms with E-state index in [0.717, 1.165) is 13.0 Å². The van der Waals surface area contributed by atoms with Crippen LogP contribution < -0.4 is 5.32 Å². The number of hydrogen-bond acceptors (Lipinski definition) is 2. The quantitative estimate of drug-likeness (QED) is 0.636. The number of hydrogen-bond donors (Lipinski definition) is 2. The van der Waals surface area contributed by atoms with Gasteiger partial charge < -0.3 is 10.4 Å². The van der Waals surface area contributed by atoms with Gasteiger partial charge in [-0.1, -0.05) is 12.0 Å². The van der Waals surface area contributed by atoms with E-state index in [-0.39, 0.29) is 0 Å². The summed E-state index contributed by atoms with van der Waals surface area (Å²) in [4.78, 5) is 0. The van der Waals surface area contributed by atoms with Crippen LogP contribution in [0.2, 0.25) is 0 Å². The van der Waals surface area contributed by atoms with Gasteiger partial charge in [-0.2, -0.15) is 0 Å². The first-order valence-corrected chi connectivity index (χ1v) is 5.22. The molecule has 0 saturated heterocycles. The van der Waals surface area contributed by atoms with E-state index < -0.39 is 0 Å². The first-order chi connectivity index (χ1) is 6.24. The minimum atomic E-state index is 0.338. The molecule has 2 N–H and O–H groups in total. The third-order valence-corrected chi connectivity index (χ3v) is 2.85. The maximum absolute atomic E-state index is 9.09. The van der Waals surface area contributed by atoms with E-state index in [1.165, 1.54) is 24.8 Å². The van der Waals surface area contributed by atoms with Crippen LogP contribution in [0.1, 0.15) is 32.6 Å². The molecule has 0 aromatic carbocycles. The molecule has 0 radical (unpaired) electrons. The predicted octanol–water partition coefficient (Wildman–Crippen LogP) is 1.70. The summed E-state index contributed by atoms with van der Waals surface area (Å²) in [5.41, 5.74) is 1.23. The van der Waals surface area contributed by atoms with Crippen LogP contribution in [0.5, 0.6) is 0 Å². The van der Waals surface area contributed by atoms with Crippen molar-refractivity contribution in [2.75, 3.05) is 13.2 Å². The van der Waals surface area contributed by atoms with Crippen LogP contribution in [0.15, 0.2) is 12.2 Å². The van der Waals surface area contributed by atoms with E-state index in [4.69, 9.17) is 5.11 Å². The van der Waals surface area contributed by atoms with Crippen molar-refractivity contribution in [3.8, 4) is 0 Å². The molecule has 1 aliphatic rings. The van der Waals surface area contributed by atoms with Crippen molar-refractivity contribution < 1.29 is 5.11 Å². The number of aliphatic hydroxyl groups is 1. The van der Waals surface area contributed by atoms with Crippen molar-refractivity contribution in [3.63, 3.8) is 0 Å². The number of nitrogens with one attached hydrogen (secondary N) is 1. The smallest absolute Gasteiger partial charge is 0.0474 e. The summed E-state index contributed by atoms with van der Waals surface area (Å²) in [5, 5.41) is 12.6. The highest BCUT2D eigenvalue weighted by atomic mass is 16.3. The minimum absolute atomic E-state index is 0.338. The molecule has 13 heavy (non-hydrogen) atoms. The van der Waals surface area contributed by atoms with Crippen molar-refractivity contribution in [2.24, 2.45) is 5.92 Å². The zero-order chi connectivity index (χ0) is 9.68. The maximum atomic E-state index is 9.09. The van der Waals surface area contributed by atoms with Gasteiger partial charge in [0.05, 0.1) is 0 Å². The highest BCUT2D eigenvalue weighted by Gasteiger charge is 2.25. The molecule has 0 heterocycles. The fourth-order valence-electron chi connectivity index (χ4n) is 2.00. The van der Waals surface area contributed by atoms with E-state index in [1.807, 2.05) is 0 Å². The fraction of sp³-hybridized carbons (Fsp3) is 0.818. The zero-order valence-electron chi connectivity index (χ0n) is 8.55. The molecule has 0 spiro atoms. The van der Waals surface area contributed by atoms with Gasteiger partial charge in [0.25, 0.3) is 0 Å². The number of aliphatic hydroxyl groups excluding tert-OH is 1. The molecule has 2 heteroatoms. The molecular weight excluding hydrogens is 162 g/mol. The fourth-order valence-corrected chi connectivity index (χ4v) is 2.00. The SMILES string of the molecule is C=C(C)CCNC1CCCC1CO. The lowest BCUT2D eigenvalue weighted by Crippen LogP contribution is -2.34. The maximum Gasteiger partial charge on any atom is 0.0474 e. The van der Waals surface area contributed by atoms with Gasteiger partial charge in [-0.25, -0.2) is 0 Å². The Labute approximate surface area is 81.0 Å². The first kappa shape index (κ1) is 10.7. The Morgan fingerprint density at radius 2 is 2.31 bits per heavy atom. The molecule has 0 aromatic heterocycles. The molecule has 1 aliphatic carbocycles. The predicted molar refractivity (Wildman–Crippen MR) is 55.6 cm³/mol. The molecule has 2 unspecified atom stereocenters. The third-order valence-electron chi connectivity index (χ3n) is 2.85. The van der Waals surface area contributed by atoms with Crippen LogP contribution in [-0.4, -0.2) is 24.3 Å². The Morgan fingerprint density at radius 3 is 2.92 bits per heavy atom. The molecule has 76 valence electrons. The van der Waals surface area contributed by atoms with Crippen molar-refractivity contribution >= 4 is 0 Å². The van der Waals surface area contributed by atoms with Crippen LogP contribution in [0.25, 0.3) is 0 Å². The largest absolute Gasteiger partial charge is 0.396 e. The van der Waals surface area contributed by atoms with Gasteiger partial charge in [0, 0.05) is 12.6 Å². The Bertz CT molecular complexity index is 167. The first-order valence-electron chi connectivity index (χ1n) is 5.22. The van der Waals surface area contributed by atoms with Crippen LogP contribution in [0, 0.1) is 5.92 Å². The van der Waals surface area contributed by atoms with Crippen molar-refractivity contribution in [2.45, 2.75) is 38.6 Å². The molecular formula is C11H21NO. The van der Waals surface area contributed by atoms with E-state index in [0.29, 0.717) is 18.6 Å². The summed E-state index contributed by atoms with van der Waals surface area (Å²) >= 11 is 0. The Hall–Kier alpha value is -0.340. The molecule has 0 aliphatic heterocycles. The lowest BCUT2D eigenvalue weighted by Gasteiger charge is -2.18. The Balaban J connectivity index is 2.16. The van der Waals surface area contributed by atoms with Gasteiger partial charge in [-0.3, -0.25) is 0 Å². The standard InChI is InChI=1S/C11H21NO/c1-9(2)6-7-12-11-5-3-4-10(11)8-13/h10-13H,1,3-8H2,2H3. The van der Waals surface area contributed by atoms with Gasteiger partial charge in [0.15, 0.2) is 0 Å². The van der Waals surface area contributed by atoms with Crippen LogP contribution in [0.4, 0.5) is 0 Å². The second-order valence-electron chi connectivity index (χ2n) is 4.14. The lowest BCUT2D eigenvalue weighted by atomic mass is 10.0. The average molecular weight is 183 g/mol. The van der Waals surface area contributed by atoms with E-state index >= 15 is 0 Å². The van der Waals surface area contributed by atoms with Gasteiger partial charge in [-0.05, 0) is 38.6 Å². The normalized spacial score (nSPS) is 27.8. The highest BCUT2D eigenvalue weighted by molar-refractivity contribution is 4.90. The van der Waals surface area contributed by atoms with Crippen LogP contribution in [0.3, 0.4) is 0 Å². The highest BCUT2D eigenvalue weighted by Crippen LogP contribution is 2.24. The van der Waals surface area contributed by atoms with Crippen LogP contribution in [-0.2, 0) is 0 Å². The summed E-state index contributed by atoms with van der Waals surface area (Å²) in [6.07, 6.45) is 4.72. The van der Waals surface area contributed by atoms with Gasteiger partial charge in [-0.15, -0.1) is 6.58 Å². The van der Waals surface area contributed by atoms with Crippen molar-refractivity contribution in [1.29, 1.82) is 0 Å². The topological polar surface area (TPSA) is 32.3 Å². The summed E-state index contributed by atoms with van der Waals surface area (Å²) < 4.78 is 0. The lowest BCUT2D eigenvalue weighted by molar-refractivity contribution is 0.206. The van der Waals surface area contributed by atoms with Crippen molar-refractivity contribution in [1.82, 2.24) is 5.32 Å². The van der Waals surface area contributed by atoms with Gasteiger partial charge in [0.1, 0.15) is 0 Å². The monoisotopic (exact) mass is 183 g/mol. The number of rotatable bonds is 5. The molecule has 0 bridgehead atoms. The third kappa shape index (κ3) is 3.49. The summed E-state index contributed by atoms with van der Waals surface area (Å²) in [6, 6.07) is 0.546. The average Bonchev–Trinajstić information content (AvgIpc) is 2.51. The summed E-state index contributed by atoms with van der Waals surface area (Å²) in [7, 11) is 0. The molecule has 1 saturated carbocycles. The summed E-state index contributed by atoms with van der Waals surface area (Å²) in [5.74, 6) is 0.491. The Kier molecular flexibility index (Phi) is 4.46. The molecule has 2 atom stereocenters. The van der Waals surface area contributed by atoms with E-state index in [2.05, 4.69) is 18.8 Å². The van der Waals surface area contributed by atoms with E-state index in [9.17, 15) is 0 Å². The minimum Gasteiger partial charge on any atom is -0.396 e. The van der Waals surface area contributed by atoms with Gasteiger partial charge in [0.2, 0.25) is 0 Å². The summed E-state index contributed by atoms with van der Waals surface area (Å²) in [6.45, 7) is 7.27. The molecule has 2 nitrogen and oxygen atoms in total. The molecule has 0 amide bonds. The second-order valence-corrected chi connectivity index (χ2v) is 4.14. The van der Waals surface area contributed by atoms with Crippen molar-refractivity contribution in [3.05, 3.63) is 12.2 Å². The molecule has 0 aromatic rings. The van der Waals surface area contributed by atoms with E-state index in [1.54, 1.807) is 0 Å². The zero-order valence-corrected chi connectivity index (χ0v) is 8.55.